The molecule has 8 heteroatoms. The highest BCUT2D eigenvalue weighted by Gasteiger charge is 2.22. The fourth-order valence-corrected chi connectivity index (χ4v) is 2.64. The Morgan fingerprint density at radius 2 is 2.09 bits per heavy atom. The number of ether oxygens (including phenoxy) is 1. The molecule has 0 aromatic carbocycles. The van der Waals surface area contributed by atoms with Crippen molar-refractivity contribution in [3.63, 3.8) is 0 Å². The van der Waals surface area contributed by atoms with Gasteiger partial charge < -0.3 is 4.74 Å². The summed E-state index contributed by atoms with van der Waals surface area (Å²) in [6.07, 6.45) is 3.49. The zero-order valence-corrected chi connectivity index (χ0v) is 13.7. The first-order valence-electron chi connectivity index (χ1n) is 7.88. The van der Waals surface area contributed by atoms with Crippen molar-refractivity contribution in [2.45, 2.75) is 38.6 Å². The van der Waals surface area contributed by atoms with Crippen LogP contribution in [-0.2, 0) is 11.8 Å². The Hall–Kier alpha value is -2.22. The van der Waals surface area contributed by atoms with Crippen LogP contribution in [0.25, 0.3) is 0 Å². The van der Waals surface area contributed by atoms with E-state index < -0.39 is 0 Å². The van der Waals surface area contributed by atoms with E-state index >= 15 is 0 Å². The molecule has 2 aromatic rings. The molecule has 124 valence electrons. The van der Waals surface area contributed by atoms with Crippen LogP contribution in [0.1, 0.15) is 54.8 Å². The van der Waals surface area contributed by atoms with Gasteiger partial charge in [0.1, 0.15) is 12.0 Å². The minimum Gasteiger partial charge on any atom is -0.381 e. The molecular formula is C15H22N6O2. The third-order valence-electron chi connectivity index (χ3n) is 4.03. The average Bonchev–Trinajstić information content (AvgIpc) is 3.15. The van der Waals surface area contributed by atoms with E-state index in [-0.39, 0.29) is 11.9 Å². The smallest absolute Gasteiger partial charge is 0.276 e. The molecule has 1 fully saturated rings. The van der Waals surface area contributed by atoms with E-state index in [4.69, 9.17) is 4.74 Å². The minimum absolute atomic E-state index is 0.199. The van der Waals surface area contributed by atoms with Gasteiger partial charge in [-0.25, -0.2) is 9.67 Å². The van der Waals surface area contributed by atoms with Crippen LogP contribution in [0.4, 0.5) is 5.95 Å². The molecular weight excluding hydrogens is 296 g/mol. The maximum atomic E-state index is 12.4. The first-order chi connectivity index (χ1) is 11.0. The molecule has 2 aromatic heterocycles. The second kappa shape index (κ2) is 6.49. The van der Waals surface area contributed by atoms with Gasteiger partial charge in [0.2, 0.25) is 5.95 Å². The molecule has 1 amide bonds. The summed E-state index contributed by atoms with van der Waals surface area (Å²) in [5.74, 6) is 0.409. The predicted octanol–water partition coefficient (Wildman–Crippen LogP) is 1.74. The maximum Gasteiger partial charge on any atom is 0.276 e. The van der Waals surface area contributed by atoms with E-state index in [0.29, 0.717) is 17.6 Å². The highest BCUT2D eigenvalue weighted by atomic mass is 16.5. The summed E-state index contributed by atoms with van der Waals surface area (Å²) in [5.41, 5.74) is 1.45. The largest absolute Gasteiger partial charge is 0.381 e. The lowest BCUT2D eigenvalue weighted by Gasteiger charge is -2.19. The summed E-state index contributed by atoms with van der Waals surface area (Å²) in [6, 6.07) is 2.05. The molecule has 0 unspecified atom stereocenters. The average molecular weight is 318 g/mol. The summed E-state index contributed by atoms with van der Waals surface area (Å²) >= 11 is 0. The lowest BCUT2D eigenvalue weighted by atomic mass is 9.96. The Labute approximate surface area is 134 Å². The number of nitrogens with zero attached hydrogens (tertiary/aromatic N) is 5. The molecule has 3 rings (SSSR count). The van der Waals surface area contributed by atoms with Crippen molar-refractivity contribution in [2.24, 2.45) is 7.05 Å². The van der Waals surface area contributed by atoms with E-state index in [1.807, 2.05) is 19.9 Å². The lowest BCUT2D eigenvalue weighted by Crippen LogP contribution is -2.17. The number of carbonyl (C=O) groups is 1. The highest BCUT2D eigenvalue weighted by Crippen LogP contribution is 2.26. The van der Waals surface area contributed by atoms with Crippen molar-refractivity contribution in [1.82, 2.24) is 24.5 Å². The number of hydrogen-bond acceptors (Lipinski definition) is 5. The Bertz CT molecular complexity index is 684. The second-order valence-electron chi connectivity index (χ2n) is 6.06. The summed E-state index contributed by atoms with van der Waals surface area (Å²) in [6.45, 7) is 5.50. The summed E-state index contributed by atoms with van der Waals surface area (Å²) in [4.78, 5) is 16.5. The molecule has 23 heavy (non-hydrogen) atoms. The summed E-state index contributed by atoms with van der Waals surface area (Å²) < 4.78 is 8.68. The van der Waals surface area contributed by atoms with Gasteiger partial charge in [0, 0.05) is 32.2 Å². The molecule has 0 bridgehead atoms. The molecule has 1 aliphatic rings. The molecule has 0 radical (unpaired) electrons. The number of nitrogens with one attached hydrogen (secondary N) is 1. The van der Waals surface area contributed by atoms with Crippen molar-refractivity contribution in [3.05, 3.63) is 23.8 Å². The third kappa shape index (κ3) is 3.42. The van der Waals surface area contributed by atoms with Crippen molar-refractivity contribution in [1.29, 1.82) is 0 Å². The Morgan fingerprint density at radius 3 is 2.74 bits per heavy atom. The minimum atomic E-state index is -0.250. The van der Waals surface area contributed by atoms with Crippen LogP contribution in [0.3, 0.4) is 0 Å². The van der Waals surface area contributed by atoms with E-state index in [9.17, 15) is 4.79 Å². The zero-order chi connectivity index (χ0) is 16.4. The van der Waals surface area contributed by atoms with E-state index in [1.165, 1.54) is 0 Å². The number of hydrogen-bond donors (Lipinski definition) is 1. The lowest BCUT2D eigenvalue weighted by molar-refractivity contribution is 0.0844. The topological polar surface area (TPSA) is 86.9 Å². The van der Waals surface area contributed by atoms with Crippen LogP contribution >= 0.6 is 0 Å². The van der Waals surface area contributed by atoms with Crippen molar-refractivity contribution in [3.8, 4) is 0 Å². The zero-order valence-electron chi connectivity index (χ0n) is 13.7. The number of aryl methyl sites for hydroxylation is 1. The Kier molecular flexibility index (Phi) is 4.42. The summed E-state index contributed by atoms with van der Waals surface area (Å²) in [7, 11) is 1.78. The second-order valence-corrected chi connectivity index (χ2v) is 6.06. The normalized spacial score (nSPS) is 16.0. The van der Waals surface area contributed by atoms with Gasteiger partial charge in [0.15, 0.2) is 0 Å². The van der Waals surface area contributed by atoms with Crippen LogP contribution in [0, 0.1) is 0 Å². The first kappa shape index (κ1) is 15.7. The van der Waals surface area contributed by atoms with Crippen LogP contribution in [0.2, 0.25) is 0 Å². The van der Waals surface area contributed by atoms with Crippen LogP contribution < -0.4 is 5.32 Å². The van der Waals surface area contributed by atoms with Crippen LogP contribution in [0.15, 0.2) is 12.4 Å². The van der Waals surface area contributed by atoms with Gasteiger partial charge in [-0.05, 0) is 32.8 Å². The SMILES string of the molecule is CC(C)n1cnc(NC(=O)c2cc(C3CCOCC3)nn2C)n1. The predicted molar refractivity (Wildman–Crippen MR) is 84.4 cm³/mol. The third-order valence-corrected chi connectivity index (χ3v) is 4.03. The standard InChI is InChI=1S/C15H22N6O2/c1-10(2)21-9-16-15(19-21)17-14(22)13-8-12(18-20(13)3)11-4-6-23-7-5-11/h8-11H,4-7H2,1-3H3,(H,17,19,22). The fraction of sp³-hybridized carbons (Fsp3) is 0.600. The molecule has 0 atom stereocenters. The van der Waals surface area contributed by atoms with E-state index in [2.05, 4.69) is 20.5 Å². The molecule has 1 aliphatic heterocycles. The maximum absolute atomic E-state index is 12.4. The number of carbonyl (C=O) groups excluding carboxylic acids is 1. The van der Waals surface area contributed by atoms with Gasteiger partial charge in [-0.3, -0.25) is 14.8 Å². The van der Waals surface area contributed by atoms with Crippen molar-refractivity contribution >= 4 is 11.9 Å². The molecule has 0 spiro atoms. The highest BCUT2D eigenvalue weighted by molar-refractivity contribution is 6.02. The van der Waals surface area contributed by atoms with Gasteiger partial charge in [0.05, 0.1) is 5.69 Å². The van der Waals surface area contributed by atoms with E-state index in [0.717, 1.165) is 31.7 Å². The van der Waals surface area contributed by atoms with Crippen LogP contribution in [-0.4, -0.2) is 43.7 Å². The monoisotopic (exact) mass is 318 g/mol. The van der Waals surface area contributed by atoms with Crippen LogP contribution in [0.5, 0.6) is 0 Å². The number of anilines is 1. The van der Waals surface area contributed by atoms with Gasteiger partial charge in [-0.1, -0.05) is 0 Å². The quantitative estimate of drug-likeness (QED) is 0.928. The van der Waals surface area contributed by atoms with Gasteiger partial charge in [-0.15, -0.1) is 5.10 Å². The fourth-order valence-electron chi connectivity index (χ4n) is 2.64. The first-order valence-corrected chi connectivity index (χ1v) is 7.88. The number of rotatable bonds is 4. The van der Waals surface area contributed by atoms with Gasteiger partial charge in [-0.2, -0.15) is 5.10 Å². The number of amides is 1. The molecule has 3 heterocycles. The summed E-state index contributed by atoms with van der Waals surface area (Å²) in [5, 5.41) is 11.4. The van der Waals surface area contributed by atoms with Gasteiger partial charge >= 0.3 is 0 Å². The molecule has 1 N–H and O–H groups in total. The Balaban J connectivity index is 1.72. The Morgan fingerprint density at radius 1 is 1.35 bits per heavy atom. The molecule has 0 aliphatic carbocycles. The molecule has 1 saturated heterocycles. The van der Waals surface area contributed by atoms with Gasteiger partial charge in [0.25, 0.3) is 5.91 Å². The van der Waals surface area contributed by atoms with Crippen molar-refractivity contribution in [2.75, 3.05) is 18.5 Å². The van der Waals surface area contributed by atoms with E-state index in [1.54, 1.807) is 22.7 Å². The van der Waals surface area contributed by atoms with Crippen molar-refractivity contribution < 1.29 is 9.53 Å². The molecule has 0 saturated carbocycles. The number of aromatic nitrogens is 5. The molecule has 8 nitrogen and oxygen atoms in total.